The van der Waals surface area contributed by atoms with Gasteiger partial charge in [0.15, 0.2) is 12.6 Å². The van der Waals surface area contributed by atoms with E-state index in [2.05, 4.69) is 43.5 Å². The summed E-state index contributed by atoms with van der Waals surface area (Å²) in [6, 6.07) is -0.932. The molecule has 14 nitrogen and oxygen atoms in total. The van der Waals surface area contributed by atoms with E-state index in [0.717, 1.165) is 44.9 Å². The average Bonchev–Trinajstić information content (AvgIpc) is 3.29. The highest BCUT2D eigenvalue weighted by atomic mass is 16.7. The lowest BCUT2D eigenvalue weighted by Gasteiger charge is -2.46. The van der Waals surface area contributed by atoms with E-state index >= 15 is 0 Å². The van der Waals surface area contributed by atoms with Crippen LogP contribution in [0.4, 0.5) is 0 Å². The molecule has 0 spiro atoms. The number of carbonyl (C=O) groups is 1. The predicted molar refractivity (Wildman–Crippen MR) is 249 cm³/mol. The van der Waals surface area contributed by atoms with Crippen LogP contribution in [-0.2, 0) is 23.7 Å². The van der Waals surface area contributed by atoms with Crippen LogP contribution in [0.5, 0.6) is 0 Å². The van der Waals surface area contributed by atoms with Crippen LogP contribution >= 0.6 is 0 Å². The minimum atomic E-state index is -1.79. The first-order chi connectivity index (χ1) is 31.1. The van der Waals surface area contributed by atoms with Crippen molar-refractivity contribution in [3.8, 4) is 0 Å². The number of unbranched alkanes of at least 4 members (excludes halogenated alkanes) is 21. The number of carbonyl (C=O) groups excluding carboxylic acids is 1. The second kappa shape index (κ2) is 37.2. The number of allylic oxidation sites excluding steroid dienone is 5. The first kappa shape index (κ1) is 58.3. The van der Waals surface area contributed by atoms with Crippen LogP contribution in [-0.4, -0.2) is 140 Å². The molecule has 2 fully saturated rings. The molecule has 2 rings (SSSR count). The Hall–Kier alpha value is -1.79. The van der Waals surface area contributed by atoms with Crippen molar-refractivity contribution in [3.05, 3.63) is 36.5 Å². The Kier molecular flexibility index (Phi) is 33.9. The molecular weight excluding hydrogens is 823 g/mol. The molecule has 64 heavy (non-hydrogen) atoms. The van der Waals surface area contributed by atoms with Crippen molar-refractivity contribution in [2.24, 2.45) is 0 Å². The summed E-state index contributed by atoms with van der Waals surface area (Å²) in [5.41, 5.74) is 0. The van der Waals surface area contributed by atoms with Crippen molar-refractivity contribution in [2.75, 3.05) is 19.8 Å². The molecule has 0 radical (unpaired) electrons. The molecule has 0 bridgehead atoms. The summed E-state index contributed by atoms with van der Waals surface area (Å²) in [6.45, 7) is 2.63. The number of nitrogens with one attached hydrogen (secondary N) is 1. The molecule has 2 saturated heterocycles. The molecule has 14 heteroatoms. The normalized spacial score (nSPS) is 27.5. The van der Waals surface area contributed by atoms with Gasteiger partial charge < -0.3 is 65.1 Å². The average molecular weight is 914 g/mol. The fourth-order valence-electron chi connectivity index (χ4n) is 8.21. The van der Waals surface area contributed by atoms with Gasteiger partial charge in [-0.1, -0.05) is 172 Å². The van der Waals surface area contributed by atoms with Gasteiger partial charge in [-0.2, -0.15) is 0 Å². The minimum absolute atomic E-state index is 0.255. The zero-order valence-electron chi connectivity index (χ0n) is 39.5. The van der Waals surface area contributed by atoms with E-state index in [0.29, 0.717) is 12.8 Å². The Morgan fingerprint density at radius 2 is 1.02 bits per heavy atom. The second-order valence-corrected chi connectivity index (χ2v) is 17.9. The maximum Gasteiger partial charge on any atom is 0.220 e. The van der Waals surface area contributed by atoms with Gasteiger partial charge in [-0.05, 0) is 38.5 Å². The molecule has 374 valence electrons. The van der Waals surface area contributed by atoms with Gasteiger partial charge in [0.1, 0.15) is 48.8 Å². The molecule has 0 aromatic rings. The van der Waals surface area contributed by atoms with Crippen molar-refractivity contribution >= 4 is 5.91 Å². The van der Waals surface area contributed by atoms with Crippen molar-refractivity contribution in [1.29, 1.82) is 0 Å². The Labute approximate surface area is 385 Å². The maximum atomic E-state index is 13.1. The Morgan fingerprint density at radius 1 is 0.562 bits per heavy atom. The molecule has 0 aliphatic carbocycles. The molecular formula is C50H91NO13. The lowest BCUT2D eigenvalue weighted by atomic mass is 9.97. The van der Waals surface area contributed by atoms with Gasteiger partial charge >= 0.3 is 0 Å². The number of hydrogen-bond acceptors (Lipinski definition) is 13. The maximum absolute atomic E-state index is 13.1. The fraction of sp³-hybridized carbons (Fsp3) is 0.860. The topological polar surface area (TPSA) is 228 Å². The molecule has 2 aliphatic heterocycles. The van der Waals surface area contributed by atoms with Crippen molar-refractivity contribution in [2.45, 2.75) is 254 Å². The van der Waals surface area contributed by atoms with E-state index in [9.17, 15) is 45.6 Å². The Bertz CT molecular complexity index is 1220. The highest BCUT2D eigenvalue weighted by molar-refractivity contribution is 5.76. The number of amides is 1. The summed E-state index contributed by atoms with van der Waals surface area (Å²) in [4.78, 5) is 13.1. The van der Waals surface area contributed by atoms with Gasteiger partial charge in [0.2, 0.25) is 5.91 Å². The number of aliphatic hydroxyl groups excluding tert-OH is 8. The van der Waals surface area contributed by atoms with Gasteiger partial charge in [0.05, 0.1) is 32.0 Å². The van der Waals surface area contributed by atoms with Crippen LogP contribution < -0.4 is 5.32 Å². The van der Waals surface area contributed by atoms with E-state index in [1.165, 1.54) is 103 Å². The Morgan fingerprint density at radius 3 is 1.52 bits per heavy atom. The van der Waals surface area contributed by atoms with E-state index in [1.54, 1.807) is 6.08 Å². The van der Waals surface area contributed by atoms with Gasteiger partial charge in [0, 0.05) is 6.42 Å². The summed E-state index contributed by atoms with van der Waals surface area (Å²) >= 11 is 0. The summed E-state index contributed by atoms with van der Waals surface area (Å²) in [5, 5.41) is 86.5. The second-order valence-electron chi connectivity index (χ2n) is 17.9. The first-order valence-electron chi connectivity index (χ1n) is 25.2. The molecule has 2 aliphatic rings. The Balaban J connectivity index is 1.80. The van der Waals surface area contributed by atoms with Crippen molar-refractivity contribution in [3.63, 3.8) is 0 Å². The summed E-state index contributed by atoms with van der Waals surface area (Å²) in [6.07, 6.45) is 25.0. The monoisotopic (exact) mass is 914 g/mol. The zero-order valence-corrected chi connectivity index (χ0v) is 39.5. The standard InChI is InChI=1S/C50H91NO13/c1-3-5-7-9-11-13-15-16-17-18-19-20-21-22-23-24-26-28-30-32-34-42(55)51-38(39(54)33-31-29-27-25-14-12-10-8-6-4-2)37-61-49-47(60)45(58)48(41(36-53)63-49)64-50-46(59)44(57)43(56)40(35-52)62-50/h6,8,14,25,31,33,38-41,43-50,52-54,56-60H,3-5,7,9-13,15-24,26-30,32,34-37H2,1-2H3,(H,51,55)/b8-6+,25-14+,33-31+. The molecule has 9 N–H and O–H groups in total. The summed E-state index contributed by atoms with van der Waals surface area (Å²) in [5.74, 6) is -0.255. The van der Waals surface area contributed by atoms with Gasteiger partial charge in [-0.15, -0.1) is 0 Å². The third-order valence-corrected chi connectivity index (χ3v) is 12.3. The van der Waals surface area contributed by atoms with Crippen LogP contribution in [0.3, 0.4) is 0 Å². The molecule has 0 aromatic heterocycles. The number of hydrogen-bond donors (Lipinski definition) is 9. The number of ether oxygens (including phenoxy) is 4. The van der Waals surface area contributed by atoms with Crippen LogP contribution in [0.1, 0.15) is 181 Å². The molecule has 0 saturated carbocycles. The largest absolute Gasteiger partial charge is 0.394 e. The van der Waals surface area contributed by atoms with Crippen LogP contribution in [0.25, 0.3) is 0 Å². The van der Waals surface area contributed by atoms with Gasteiger partial charge in [0.25, 0.3) is 0 Å². The molecule has 1 amide bonds. The fourth-order valence-corrected chi connectivity index (χ4v) is 8.21. The highest BCUT2D eigenvalue weighted by Crippen LogP contribution is 2.30. The van der Waals surface area contributed by atoms with Crippen LogP contribution in [0, 0.1) is 0 Å². The van der Waals surface area contributed by atoms with Crippen molar-refractivity contribution < 1.29 is 64.6 Å². The molecule has 2 heterocycles. The van der Waals surface area contributed by atoms with E-state index in [-0.39, 0.29) is 18.9 Å². The lowest BCUT2D eigenvalue weighted by molar-refractivity contribution is -0.359. The minimum Gasteiger partial charge on any atom is -0.394 e. The SMILES string of the molecule is CC/C=C/CC/C=C/CC/C=C/C(O)C(COC1OC(CO)C(OC2OC(CO)C(O)C(O)C2O)C(O)C1O)NC(=O)CCCCCCCCCCCCCCCCCCCCCC. The number of rotatable bonds is 38. The van der Waals surface area contributed by atoms with Crippen molar-refractivity contribution in [1.82, 2.24) is 5.32 Å². The van der Waals surface area contributed by atoms with E-state index in [4.69, 9.17) is 18.9 Å². The highest BCUT2D eigenvalue weighted by Gasteiger charge is 2.51. The van der Waals surface area contributed by atoms with Gasteiger partial charge in [-0.25, -0.2) is 0 Å². The summed E-state index contributed by atoms with van der Waals surface area (Å²) in [7, 11) is 0. The molecule has 0 aromatic carbocycles. The van der Waals surface area contributed by atoms with Gasteiger partial charge in [-0.3, -0.25) is 4.79 Å². The predicted octanol–water partition coefficient (Wildman–Crippen LogP) is 6.32. The number of aliphatic hydroxyl groups is 8. The lowest BCUT2D eigenvalue weighted by Crippen LogP contribution is -2.65. The third-order valence-electron chi connectivity index (χ3n) is 12.3. The van der Waals surface area contributed by atoms with Crippen LogP contribution in [0.2, 0.25) is 0 Å². The quantitative estimate of drug-likeness (QED) is 0.0244. The molecule has 12 atom stereocenters. The van der Waals surface area contributed by atoms with Crippen LogP contribution in [0.15, 0.2) is 36.5 Å². The molecule has 12 unspecified atom stereocenters. The third kappa shape index (κ3) is 24.3. The van der Waals surface area contributed by atoms with E-state index in [1.807, 2.05) is 6.08 Å². The smallest absolute Gasteiger partial charge is 0.220 e. The summed E-state index contributed by atoms with van der Waals surface area (Å²) < 4.78 is 22.6. The zero-order chi connectivity index (χ0) is 46.8. The first-order valence-corrected chi connectivity index (χ1v) is 25.2. The van der Waals surface area contributed by atoms with E-state index < -0.39 is 86.8 Å².